The van der Waals surface area contributed by atoms with Crippen molar-refractivity contribution < 1.29 is 23.8 Å². The van der Waals surface area contributed by atoms with Gasteiger partial charge in [0.1, 0.15) is 32.8 Å². The molecule has 1 fully saturated rings. The van der Waals surface area contributed by atoms with E-state index >= 15 is 0 Å². The maximum atomic E-state index is 9.16. The van der Waals surface area contributed by atoms with E-state index in [1.165, 1.54) is 5.56 Å². The summed E-state index contributed by atoms with van der Waals surface area (Å²) < 4.78 is 17.7. The van der Waals surface area contributed by atoms with E-state index in [0.717, 1.165) is 61.8 Å². The Morgan fingerprint density at radius 1 is 1.00 bits per heavy atom. The minimum Gasteiger partial charge on any atom is -0.486 e. The van der Waals surface area contributed by atoms with Gasteiger partial charge < -0.3 is 23.8 Å². The molecular formula is C16H24NO4+. The number of hydrogen-bond donors (Lipinski definition) is 1. The zero-order chi connectivity index (χ0) is 14.5. The average Bonchev–Trinajstić information content (AvgIpc) is 2.54. The third-order valence-electron chi connectivity index (χ3n) is 4.34. The molecule has 0 amide bonds. The molecular weight excluding hydrogens is 270 g/mol. The monoisotopic (exact) mass is 294 g/mol. The van der Waals surface area contributed by atoms with Crippen molar-refractivity contribution in [2.45, 2.75) is 13.0 Å². The highest BCUT2D eigenvalue weighted by Crippen LogP contribution is 2.32. The summed E-state index contributed by atoms with van der Waals surface area (Å²) in [5.74, 6) is 1.70. The summed E-state index contributed by atoms with van der Waals surface area (Å²) in [5, 5.41) is 9.16. The number of aliphatic hydroxyl groups is 1. The minimum absolute atomic E-state index is 0.252. The minimum atomic E-state index is 0.252. The van der Waals surface area contributed by atoms with Crippen molar-refractivity contribution in [1.82, 2.24) is 0 Å². The summed E-state index contributed by atoms with van der Waals surface area (Å²) >= 11 is 0. The number of hydrogen-bond acceptors (Lipinski definition) is 4. The molecule has 2 aliphatic rings. The number of ether oxygens (including phenoxy) is 3. The van der Waals surface area contributed by atoms with Crippen LogP contribution >= 0.6 is 0 Å². The first kappa shape index (κ1) is 14.6. The van der Waals surface area contributed by atoms with Gasteiger partial charge in [-0.15, -0.1) is 0 Å². The van der Waals surface area contributed by atoms with Gasteiger partial charge >= 0.3 is 0 Å². The van der Waals surface area contributed by atoms with Gasteiger partial charge in [-0.2, -0.15) is 0 Å². The number of morpholine rings is 1. The highest BCUT2D eigenvalue weighted by atomic mass is 16.6. The molecule has 3 rings (SSSR count). The Hall–Kier alpha value is -1.30. The third kappa shape index (κ3) is 3.48. The fourth-order valence-corrected chi connectivity index (χ4v) is 3.17. The number of fused-ring (bicyclic) bond motifs is 1. The van der Waals surface area contributed by atoms with Crippen molar-refractivity contribution in [1.29, 1.82) is 0 Å². The topological polar surface area (TPSA) is 47.9 Å². The lowest BCUT2D eigenvalue weighted by Crippen LogP contribution is -2.55. The highest BCUT2D eigenvalue weighted by molar-refractivity contribution is 5.43. The lowest BCUT2D eigenvalue weighted by atomic mass is 10.1. The van der Waals surface area contributed by atoms with Crippen LogP contribution in [0.3, 0.4) is 0 Å². The largest absolute Gasteiger partial charge is 0.486 e. The van der Waals surface area contributed by atoms with E-state index in [4.69, 9.17) is 19.3 Å². The van der Waals surface area contributed by atoms with Crippen LogP contribution in [-0.4, -0.2) is 62.3 Å². The number of rotatable bonds is 5. The first-order valence-corrected chi connectivity index (χ1v) is 7.74. The van der Waals surface area contributed by atoms with Crippen LogP contribution in [-0.2, 0) is 11.3 Å². The SMILES string of the molecule is OCCC[N+]1(Cc2ccc3c(c2)OCCO3)CCOCC1. The molecule has 0 unspecified atom stereocenters. The maximum Gasteiger partial charge on any atom is 0.161 e. The fourth-order valence-electron chi connectivity index (χ4n) is 3.17. The Bertz CT molecular complexity index is 471. The lowest BCUT2D eigenvalue weighted by Gasteiger charge is -2.41. The van der Waals surface area contributed by atoms with Crippen LogP contribution < -0.4 is 9.47 Å². The predicted molar refractivity (Wildman–Crippen MR) is 78.5 cm³/mol. The molecule has 0 radical (unpaired) electrons. The Kier molecular flexibility index (Phi) is 4.63. The van der Waals surface area contributed by atoms with Crippen LogP contribution in [0, 0.1) is 0 Å². The van der Waals surface area contributed by atoms with Crippen LogP contribution in [0.4, 0.5) is 0 Å². The Morgan fingerprint density at radius 3 is 2.52 bits per heavy atom. The second-order valence-electron chi connectivity index (χ2n) is 5.84. The Labute approximate surface area is 125 Å². The van der Waals surface area contributed by atoms with Gasteiger partial charge in [0.15, 0.2) is 11.5 Å². The quantitative estimate of drug-likeness (QED) is 0.829. The van der Waals surface area contributed by atoms with Crippen molar-refractivity contribution in [3.05, 3.63) is 23.8 Å². The van der Waals surface area contributed by atoms with Crippen molar-refractivity contribution in [2.75, 3.05) is 52.7 Å². The number of aliphatic hydroxyl groups excluding tert-OH is 1. The summed E-state index contributed by atoms with van der Waals surface area (Å²) in [6.07, 6.45) is 0.838. The molecule has 0 atom stereocenters. The molecule has 0 spiro atoms. The Morgan fingerprint density at radius 2 is 1.76 bits per heavy atom. The third-order valence-corrected chi connectivity index (χ3v) is 4.34. The predicted octanol–water partition coefficient (Wildman–Crippen LogP) is 1.19. The normalized spacial score (nSPS) is 20.2. The zero-order valence-corrected chi connectivity index (χ0v) is 12.4. The van der Waals surface area contributed by atoms with Crippen LogP contribution in [0.15, 0.2) is 18.2 Å². The molecule has 5 heteroatoms. The standard InChI is InChI=1S/C16H24NO4/c18-7-1-4-17(5-8-19-9-6-17)13-14-2-3-15-16(12-14)21-11-10-20-15/h2-3,12,18H,1,4-11,13H2/q+1. The van der Waals surface area contributed by atoms with Crippen molar-refractivity contribution in [3.63, 3.8) is 0 Å². The Balaban J connectivity index is 1.75. The van der Waals surface area contributed by atoms with Crippen molar-refractivity contribution in [2.24, 2.45) is 0 Å². The van der Waals surface area contributed by atoms with Crippen LogP contribution in [0.5, 0.6) is 11.5 Å². The van der Waals surface area contributed by atoms with Gasteiger partial charge in [0.05, 0.1) is 19.8 Å². The van der Waals surface area contributed by atoms with Gasteiger partial charge in [0.25, 0.3) is 0 Å². The number of benzene rings is 1. The van der Waals surface area contributed by atoms with Gasteiger partial charge in [0.2, 0.25) is 0 Å². The zero-order valence-electron chi connectivity index (χ0n) is 12.4. The summed E-state index contributed by atoms with van der Waals surface area (Å²) in [7, 11) is 0. The second kappa shape index (κ2) is 6.64. The molecule has 2 heterocycles. The van der Waals surface area contributed by atoms with Crippen LogP contribution in [0.1, 0.15) is 12.0 Å². The van der Waals surface area contributed by atoms with Gasteiger partial charge in [0, 0.05) is 18.6 Å². The number of nitrogens with zero attached hydrogens (tertiary/aromatic N) is 1. The fraction of sp³-hybridized carbons (Fsp3) is 0.625. The molecule has 1 saturated heterocycles. The van der Waals surface area contributed by atoms with E-state index in [0.29, 0.717) is 13.2 Å². The second-order valence-corrected chi connectivity index (χ2v) is 5.84. The number of quaternary nitrogens is 1. The molecule has 0 aliphatic carbocycles. The van der Waals surface area contributed by atoms with Gasteiger partial charge in [-0.3, -0.25) is 0 Å². The summed E-state index contributed by atoms with van der Waals surface area (Å²) in [5.41, 5.74) is 1.26. The van der Waals surface area contributed by atoms with Crippen LogP contribution in [0.25, 0.3) is 0 Å². The van der Waals surface area contributed by atoms with Crippen molar-refractivity contribution in [3.8, 4) is 11.5 Å². The molecule has 2 aliphatic heterocycles. The van der Waals surface area contributed by atoms with E-state index in [-0.39, 0.29) is 6.61 Å². The van der Waals surface area contributed by atoms with Gasteiger partial charge in [-0.1, -0.05) is 0 Å². The van der Waals surface area contributed by atoms with E-state index in [1.807, 2.05) is 6.07 Å². The van der Waals surface area contributed by atoms with E-state index < -0.39 is 0 Å². The van der Waals surface area contributed by atoms with Gasteiger partial charge in [-0.25, -0.2) is 0 Å². The molecule has 1 aromatic carbocycles. The first-order valence-electron chi connectivity index (χ1n) is 7.74. The molecule has 21 heavy (non-hydrogen) atoms. The molecule has 5 nitrogen and oxygen atoms in total. The van der Waals surface area contributed by atoms with E-state index in [2.05, 4.69) is 12.1 Å². The molecule has 0 saturated carbocycles. The van der Waals surface area contributed by atoms with E-state index in [9.17, 15) is 0 Å². The molecule has 1 aromatic rings. The molecule has 0 bridgehead atoms. The lowest BCUT2D eigenvalue weighted by molar-refractivity contribution is -0.947. The summed E-state index contributed by atoms with van der Waals surface area (Å²) in [6, 6.07) is 6.23. The summed E-state index contributed by atoms with van der Waals surface area (Å²) in [6.45, 7) is 7.07. The first-order chi connectivity index (χ1) is 10.3. The average molecular weight is 294 g/mol. The van der Waals surface area contributed by atoms with Crippen LogP contribution in [0.2, 0.25) is 0 Å². The smallest absolute Gasteiger partial charge is 0.161 e. The maximum absolute atomic E-state index is 9.16. The summed E-state index contributed by atoms with van der Waals surface area (Å²) in [4.78, 5) is 0. The molecule has 1 N–H and O–H groups in total. The highest BCUT2D eigenvalue weighted by Gasteiger charge is 2.30. The van der Waals surface area contributed by atoms with E-state index in [1.54, 1.807) is 0 Å². The van der Waals surface area contributed by atoms with Gasteiger partial charge in [-0.05, 0) is 18.2 Å². The molecule has 116 valence electrons. The molecule has 0 aromatic heterocycles. The van der Waals surface area contributed by atoms with Crippen molar-refractivity contribution >= 4 is 0 Å².